The predicted octanol–water partition coefficient (Wildman–Crippen LogP) is 8.08. The molecule has 2 N–H and O–H groups in total. The number of rotatable bonds is 8. The van der Waals surface area contributed by atoms with Crippen LogP contribution in [0.3, 0.4) is 0 Å². The van der Waals surface area contributed by atoms with E-state index in [-0.39, 0.29) is 17.5 Å². The Bertz CT molecular complexity index is 1290. The lowest BCUT2D eigenvalue weighted by atomic mass is 9.84. The molecule has 1 heterocycles. The Morgan fingerprint density at radius 2 is 1.46 bits per heavy atom. The van der Waals surface area contributed by atoms with Crippen LogP contribution in [0.4, 0.5) is 19.3 Å². The van der Waals surface area contributed by atoms with Gasteiger partial charge in [0.15, 0.2) is 11.6 Å². The first kappa shape index (κ1) is 28.4. The van der Waals surface area contributed by atoms with E-state index in [0.29, 0.717) is 61.4 Å². The minimum atomic E-state index is -1.03. The van der Waals surface area contributed by atoms with E-state index in [1.54, 1.807) is 23.1 Å². The molecule has 0 aliphatic carbocycles. The van der Waals surface area contributed by atoms with E-state index in [1.807, 2.05) is 24.3 Å². The molecule has 4 rings (SSSR count). The summed E-state index contributed by atoms with van der Waals surface area (Å²) in [6, 6.07) is 15.5. The van der Waals surface area contributed by atoms with Crippen molar-refractivity contribution in [3.63, 3.8) is 0 Å². The van der Waals surface area contributed by atoms with Crippen LogP contribution in [0.2, 0.25) is 0 Å². The molecule has 0 radical (unpaired) electrons. The highest BCUT2D eigenvalue weighted by Gasteiger charge is 2.34. The van der Waals surface area contributed by atoms with Gasteiger partial charge in [0.2, 0.25) is 0 Å². The van der Waals surface area contributed by atoms with Crippen LogP contribution in [0.5, 0.6) is 23.0 Å². The molecule has 6 nitrogen and oxygen atoms in total. The number of nitrogens with one attached hydrogen (secondary N) is 1. The van der Waals surface area contributed by atoms with Crippen molar-refractivity contribution < 1.29 is 28.2 Å². The van der Waals surface area contributed by atoms with E-state index >= 15 is 0 Å². The van der Waals surface area contributed by atoms with Crippen molar-refractivity contribution in [3.8, 4) is 23.0 Å². The Morgan fingerprint density at radius 3 is 2.03 bits per heavy atom. The Labute approximate surface area is 228 Å². The number of benzene rings is 3. The zero-order chi connectivity index (χ0) is 28.2. The number of anilines is 1. The van der Waals surface area contributed by atoms with Gasteiger partial charge in [-0.2, -0.15) is 0 Å². The summed E-state index contributed by atoms with van der Waals surface area (Å²) < 4.78 is 39.0. The first-order valence-electron chi connectivity index (χ1n) is 13.3. The number of amides is 2. The summed E-state index contributed by atoms with van der Waals surface area (Å²) in [7, 11) is 0. The molecular formula is C31H36F2N2O4. The topological polar surface area (TPSA) is 71.0 Å². The highest BCUT2D eigenvalue weighted by atomic mass is 19.2. The van der Waals surface area contributed by atoms with Crippen LogP contribution in [0.1, 0.15) is 58.4 Å². The average molecular weight is 539 g/mol. The Balaban J connectivity index is 1.53. The Morgan fingerprint density at radius 1 is 0.872 bits per heavy atom. The van der Waals surface area contributed by atoms with Gasteiger partial charge in [0.05, 0.1) is 5.60 Å². The molecule has 208 valence electrons. The van der Waals surface area contributed by atoms with Gasteiger partial charge in [-0.15, -0.1) is 0 Å². The molecule has 39 heavy (non-hydrogen) atoms. The number of aliphatic hydroxyl groups is 1. The highest BCUT2D eigenvalue weighted by Crippen LogP contribution is 2.34. The van der Waals surface area contributed by atoms with Crippen molar-refractivity contribution in [2.75, 3.05) is 18.4 Å². The fraction of sp³-hybridized carbons (Fsp3) is 0.387. The summed E-state index contributed by atoms with van der Waals surface area (Å²) in [5.41, 5.74) is 0.833. The van der Waals surface area contributed by atoms with Crippen molar-refractivity contribution in [1.82, 2.24) is 4.90 Å². The minimum Gasteiger partial charge on any atom is -0.457 e. The smallest absolute Gasteiger partial charge is 0.321 e. The second-order valence-corrected chi connectivity index (χ2v) is 10.9. The van der Waals surface area contributed by atoms with Crippen LogP contribution >= 0.6 is 0 Å². The van der Waals surface area contributed by atoms with Crippen molar-refractivity contribution in [1.29, 1.82) is 0 Å². The summed E-state index contributed by atoms with van der Waals surface area (Å²) in [6.45, 7) is 9.24. The third-order valence-corrected chi connectivity index (χ3v) is 6.81. The number of hydrogen-bond acceptors (Lipinski definition) is 4. The van der Waals surface area contributed by atoms with Crippen molar-refractivity contribution in [3.05, 3.63) is 77.9 Å². The van der Waals surface area contributed by atoms with E-state index in [4.69, 9.17) is 9.47 Å². The first-order chi connectivity index (χ1) is 18.5. The van der Waals surface area contributed by atoms with Gasteiger partial charge in [0.25, 0.3) is 0 Å². The van der Waals surface area contributed by atoms with E-state index in [2.05, 4.69) is 33.0 Å². The Hall–Kier alpha value is -3.65. The van der Waals surface area contributed by atoms with Gasteiger partial charge in [-0.25, -0.2) is 13.6 Å². The van der Waals surface area contributed by atoms with E-state index in [0.717, 1.165) is 12.1 Å². The van der Waals surface area contributed by atoms with Gasteiger partial charge in [-0.05, 0) is 60.9 Å². The van der Waals surface area contributed by atoms with Crippen molar-refractivity contribution in [2.45, 2.75) is 58.5 Å². The molecule has 0 atom stereocenters. The van der Waals surface area contributed by atoms with Crippen LogP contribution in [-0.2, 0) is 0 Å². The molecule has 1 aliphatic heterocycles. The summed E-state index contributed by atoms with van der Waals surface area (Å²) in [5.74, 6) is 0.121. The molecule has 1 aliphatic rings. The second-order valence-electron chi connectivity index (χ2n) is 10.9. The number of carbonyl (C=O) groups is 1. The molecule has 3 aromatic rings. The number of piperidine rings is 1. The fourth-order valence-electron chi connectivity index (χ4n) is 4.79. The van der Waals surface area contributed by atoms with E-state index < -0.39 is 17.2 Å². The summed E-state index contributed by atoms with van der Waals surface area (Å²) >= 11 is 0. The molecular weight excluding hydrogens is 502 g/mol. The number of hydrogen-bond donors (Lipinski definition) is 2. The molecule has 2 amide bonds. The van der Waals surface area contributed by atoms with Crippen LogP contribution in [0.15, 0.2) is 60.7 Å². The van der Waals surface area contributed by atoms with Crippen LogP contribution in [0, 0.1) is 17.6 Å². The summed E-state index contributed by atoms with van der Waals surface area (Å²) in [5, 5.41) is 13.7. The molecule has 0 saturated carbocycles. The lowest BCUT2D eigenvalue weighted by molar-refractivity contribution is -0.0268. The quantitative estimate of drug-likeness (QED) is 0.304. The van der Waals surface area contributed by atoms with Crippen molar-refractivity contribution >= 4 is 11.7 Å². The second kappa shape index (κ2) is 12.0. The number of likely N-dealkylation sites (tertiary alicyclic amines) is 1. The predicted molar refractivity (Wildman–Crippen MR) is 148 cm³/mol. The SMILES string of the molecule is CC(C)CC1(O)CCN(C(=O)Nc2cc(Oc3ccc(C(C)C)cc3)cc(Oc3ccc(F)c(F)c3)c2)CC1. The van der Waals surface area contributed by atoms with Crippen molar-refractivity contribution in [2.24, 2.45) is 5.92 Å². The Kier molecular flexibility index (Phi) is 8.75. The van der Waals surface area contributed by atoms with Gasteiger partial charge in [0, 0.05) is 43.0 Å². The lowest BCUT2D eigenvalue weighted by Gasteiger charge is -2.39. The fourth-order valence-corrected chi connectivity index (χ4v) is 4.79. The third-order valence-electron chi connectivity index (χ3n) is 6.81. The van der Waals surface area contributed by atoms with Crippen LogP contribution in [0.25, 0.3) is 0 Å². The van der Waals surface area contributed by atoms with Gasteiger partial charge in [-0.3, -0.25) is 0 Å². The number of nitrogens with zero attached hydrogens (tertiary/aromatic N) is 1. The zero-order valence-electron chi connectivity index (χ0n) is 22.8. The monoisotopic (exact) mass is 538 g/mol. The molecule has 8 heteroatoms. The third kappa shape index (κ3) is 7.69. The molecule has 0 aromatic heterocycles. The molecule has 1 fully saturated rings. The number of ether oxygens (including phenoxy) is 2. The number of halogens is 2. The van der Waals surface area contributed by atoms with Gasteiger partial charge in [-0.1, -0.05) is 39.8 Å². The normalized spacial score (nSPS) is 14.9. The van der Waals surface area contributed by atoms with Gasteiger partial charge >= 0.3 is 6.03 Å². The van der Waals surface area contributed by atoms with Crippen LogP contribution < -0.4 is 14.8 Å². The minimum absolute atomic E-state index is 0.102. The van der Waals surface area contributed by atoms with Gasteiger partial charge < -0.3 is 24.8 Å². The summed E-state index contributed by atoms with van der Waals surface area (Å²) in [4.78, 5) is 14.8. The lowest BCUT2D eigenvalue weighted by Crippen LogP contribution is -2.48. The van der Waals surface area contributed by atoms with Gasteiger partial charge in [0.1, 0.15) is 23.0 Å². The maximum Gasteiger partial charge on any atom is 0.321 e. The summed E-state index contributed by atoms with van der Waals surface area (Å²) in [6.07, 6.45) is 1.72. The average Bonchev–Trinajstić information content (AvgIpc) is 2.86. The number of urea groups is 1. The largest absolute Gasteiger partial charge is 0.457 e. The number of carbonyl (C=O) groups excluding carboxylic acids is 1. The molecule has 1 saturated heterocycles. The maximum absolute atomic E-state index is 13.8. The first-order valence-corrected chi connectivity index (χ1v) is 13.3. The molecule has 3 aromatic carbocycles. The maximum atomic E-state index is 13.8. The van der Waals surface area contributed by atoms with E-state index in [1.165, 1.54) is 11.6 Å². The standard InChI is InChI=1S/C31H36F2N2O4/c1-20(2)19-31(37)11-13-35(14-12-31)30(36)34-23-15-26(38-24-7-5-22(6-8-24)21(3)4)17-27(16-23)39-25-9-10-28(32)29(33)18-25/h5-10,15-18,20-21,37H,11-14,19H2,1-4H3,(H,34,36). The molecule has 0 bridgehead atoms. The molecule has 0 spiro atoms. The molecule has 0 unspecified atom stereocenters. The zero-order valence-corrected chi connectivity index (χ0v) is 22.8. The van der Waals surface area contributed by atoms with E-state index in [9.17, 15) is 18.7 Å². The van der Waals surface area contributed by atoms with Crippen LogP contribution in [-0.4, -0.2) is 34.7 Å². The highest BCUT2D eigenvalue weighted by molar-refractivity contribution is 5.90.